The number of ether oxygens (including phenoxy) is 1. The van der Waals surface area contributed by atoms with Crippen LogP contribution in [0, 0.1) is 0 Å². The first-order chi connectivity index (χ1) is 9.00. The van der Waals surface area contributed by atoms with Gasteiger partial charge in [0.15, 0.2) is 0 Å². The average Bonchev–Trinajstić information content (AvgIpc) is 2.37. The van der Waals surface area contributed by atoms with Gasteiger partial charge in [-0.2, -0.15) is 0 Å². The van der Waals surface area contributed by atoms with Crippen LogP contribution in [0.5, 0.6) is 0 Å². The van der Waals surface area contributed by atoms with Crippen molar-refractivity contribution >= 4 is 17.9 Å². The number of carbonyl (C=O) groups is 3. The molecule has 0 spiro atoms. The van der Waals surface area contributed by atoms with Crippen LogP contribution in [-0.4, -0.2) is 34.7 Å². The summed E-state index contributed by atoms with van der Waals surface area (Å²) in [5.41, 5.74) is 0.0231. The first-order valence-corrected chi connectivity index (χ1v) is 5.39. The second-order valence-electron chi connectivity index (χ2n) is 3.56. The van der Waals surface area contributed by atoms with E-state index < -0.39 is 17.9 Å². The van der Waals surface area contributed by atoms with Gasteiger partial charge in [0.25, 0.3) is 0 Å². The van der Waals surface area contributed by atoms with Crippen LogP contribution in [0.4, 0.5) is 0 Å². The summed E-state index contributed by atoms with van der Waals surface area (Å²) in [7, 11) is 0. The van der Waals surface area contributed by atoms with Crippen LogP contribution in [0.3, 0.4) is 0 Å². The Balaban J connectivity index is 2.52. The maximum Gasteiger partial charge on any atom is 0.338 e. The Labute approximate surface area is 108 Å². The quantitative estimate of drug-likeness (QED) is 0.593. The number of hydrogen-bond acceptors (Lipinski definition) is 4. The molecule has 0 amide bonds. The van der Waals surface area contributed by atoms with Gasteiger partial charge < -0.3 is 14.9 Å². The maximum atomic E-state index is 11.5. The highest BCUT2D eigenvalue weighted by molar-refractivity contribution is 5.94. The number of carboxylic acids is 2. The Morgan fingerprint density at radius 3 is 2.26 bits per heavy atom. The van der Waals surface area contributed by atoms with E-state index in [2.05, 4.69) is 0 Å². The molecule has 0 bridgehead atoms. The Morgan fingerprint density at radius 1 is 1.11 bits per heavy atom. The van der Waals surface area contributed by atoms with Crippen LogP contribution in [0.1, 0.15) is 16.8 Å². The van der Waals surface area contributed by atoms with Gasteiger partial charge in [0.1, 0.15) is 0 Å². The molecule has 0 saturated carbocycles. The lowest BCUT2D eigenvalue weighted by Gasteiger charge is -2.05. The SMILES string of the molecule is O=C(O)C=C(CCOC(=O)c1ccccc1)C(=O)O. The summed E-state index contributed by atoms with van der Waals surface area (Å²) in [6, 6.07) is 8.21. The molecule has 0 fully saturated rings. The second kappa shape index (κ2) is 6.95. The third kappa shape index (κ3) is 5.03. The summed E-state index contributed by atoms with van der Waals surface area (Å²) in [4.78, 5) is 32.6. The van der Waals surface area contributed by atoms with Crippen molar-refractivity contribution in [3.63, 3.8) is 0 Å². The number of hydrogen-bond donors (Lipinski definition) is 2. The number of carbonyl (C=O) groups excluding carboxylic acids is 1. The van der Waals surface area contributed by atoms with E-state index in [1.165, 1.54) is 0 Å². The summed E-state index contributed by atoms with van der Waals surface area (Å²) in [5, 5.41) is 17.2. The molecule has 100 valence electrons. The Kier molecular flexibility index (Phi) is 5.28. The molecule has 6 heteroatoms. The van der Waals surface area contributed by atoms with Crippen molar-refractivity contribution < 1.29 is 29.3 Å². The van der Waals surface area contributed by atoms with E-state index in [-0.39, 0.29) is 18.6 Å². The molecule has 0 aliphatic carbocycles. The first-order valence-electron chi connectivity index (χ1n) is 5.39. The topological polar surface area (TPSA) is 101 Å². The molecule has 6 nitrogen and oxygen atoms in total. The highest BCUT2D eigenvalue weighted by Gasteiger charge is 2.11. The van der Waals surface area contributed by atoms with Gasteiger partial charge in [-0.05, 0) is 12.1 Å². The lowest BCUT2D eigenvalue weighted by atomic mass is 10.2. The normalized spacial score (nSPS) is 10.8. The summed E-state index contributed by atoms with van der Waals surface area (Å²) < 4.78 is 4.85. The molecule has 0 aliphatic heterocycles. The van der Waals surface area contributed by atoms with Gasteiger partial charge in [-0.15, -0.1) is 0 Å². The fourth-order valence-corrected chi connectivity index (χ4v) is 1.30. The Bertz CT molecular complexity index is 503. The smallest absolute Gasteiger partial charge is 0.338 e. The van der Waals surface area contributed by atoms with Crippen LogP contribution in [0.15, 0.2) is 42.0 Å². The molecule has 0 heterocycles. The van der Waals surface area contributed by atoms with E-state index in [0.29, 0.717) is 11.6 Å². The van der Waals surface area contributed by atoms with Crippen LogP contribution in [0.25, 0.3) is 0 Å². The predicted molar refractivity (Wildman–Crippen MR) is 64.7 cm³/mol. The van der Waals surface area contributed by atoms with Gasteiger partial charge in [-0.25, -0.2) is 14.4 Å². The second-order valence-corrected chi connectivity index (χ2v) is 3.56. The predicted octanol–water partition coefficient (Wildman–Crippen LogP) is 1.33. The molecule has 0 radical (unpaired) electrons. The number of rotatable bonds is 6. The van der Waals surface area contributed by atoms with Gasteiger partial charge in [-0.1, -0.05) is 18.2 Å². The van der Waals surface area contributed by atoms with Crippen molar-refractivity contribution in [3.8, 4) is 0 Å². The monoisotopic (exact) mass is 264 g/mol. The molecule has 0 atom stereocenters. The zero-order chi connectivity index (χ0) is 14.3. The molecule has 0 saturated heterocycles. The minimum absolute atomic E-state index is 0.166. The van der Waals surface area contributed by atoms with Crippen LogP contribution < -0.4 is 0 Å². The lowest BCUT2D eigenvalue weighted by molar-refractivity contribution is -0.135. The molecule has 19 heavy (non-hydrogen) atoms. The summed E-state index contributed by atoms with van der Waals surface area (Å²) >= 11 is 0. The highest BCUT2D eigenvalue weighted by Crippen LogP contribution is 2.05. The molecule has 0 unspecified atom stereocenters. The van der Waals surface area contributed by atoms with Crippen LogP contribution in [-0.2, 0) is 14.3 Å². The molecule has 1 rings (SSSR count). The van der Waals surface area contributed by atoms with E-state index >= 15 is 0 Å². The third-order valence-electron chi connectivity index (χ3n) is 2.19. The van der Waals surface area contributed by atoms with Crippen molar-refractivity contribution in [2.75, 3.05) is 6.61 Å². The van der Waals surface area contributed by atoms with Crippen LogP contribution >= 0.6 is 0 Å². The molecule has 1 aromatic carbocycles. The molecular formula is C13H12O6. The van der Waals surface area contributed by atoms with Gasteiger partial charge in [0.05, 0.1) is 12.2 Å². The average molecular weight is 264 g/mol. The van der Waals surface area contributed by atoms with Gasteiger partial charge in [0, 0.05) is 18.1 Å². The van der Waals surface area contributed by atoms with E-state index in [0.717, 1.165) is 0 Å². The van der Waals surface area contributed by atoms with Crippen molar-refractivity contribution in [2.45, 2.75) is 6.42 Å². The summed E-state index contributed by atoms with van der Waals surface area (Å²) in [6.07, 6.45) is 0.416. The molecule has 2 N–H and O–H groups in total. The molecule has 1 aromatic rings. The third-order valence-corrected chi connectivity index (χ3v) is 2.19. The highest BCUT2D eigenvalue weighted by atomic mass is 16.5. The molecule has 0 aromatic heterocycles. The zero-order valence-corrected chi connectivity index (χ0v) is 9.91. The first kappa shape index (κ1) is 14.4. The largest absolute Gasteiger partial charge is 0.478 e. The van der Waals surface area contributed by atoms with Gasteiger partial charge in [-0.3, -0.25) is 0 Å². The van der Waals surface area contributed by atoms with Crippen molar-refractivity contribution in [2.24, 2.45) is 0 Å². The Morgan fingerprint density at radius 2 is 1.74 bits per heavy atom. The van der Waals surface area contributed by atoms with E-state index in [1.54, 1.807) is 30.3 Å². The molecule has 0 aliphatic rings. The summed E-state index contributed by atoms with van der Waals surface area (Å²) in [5.74, 6) is -3.29. The van der Waals surface area contributed by atoms with Crippen molar-refractivity contribution in [1.82, 2.24) is 0 Å². The van der Waals surface area contributed by atoms with Crippen molar-refractivity contribution in [3.05, 3.63) is 47.5 Å². The minimum atomic E-state index is -1.35. The van der Waals surface area contributed by atoms with E-state index in [1.807, 2.05) is 0 Å². The van der Waals surface area contributed by atoms with Gasteiger partial charge in [0.2, 0.25) is 0 Å². The van der Waals surface area contributed by atoms with E-state index in [9.17, 15) is 14.4 Å². The number of benzene rings is 1. The number of esters is 1. The molecular weight excluding hydrogens is 252 g/mol. The standard InChI is InChI=1S/C13H12O6/c14-11(15)8-10(12(16)17)6-7-19-13(18)9-4-2-1-3-5-9/h1-5,8H,6-7H2,(H,14,15)(H,16,17). The van der Waals surface area contributed by atoms with Gasteiger partial charge >= 0.3 is 17.9 Å². The number of aliphatic carboxylic acids is 2. The fourth-order valence-electron chi connectivity index (χ4n) is 1.30. The maximum absolute atomic E-state index is 11.5. The lowest BCUT2D eigenvalue weighted by Crippen LogP contribution is -2.11. The van der Waals surface area contributed by atoms with Crippen molar-refractivity contribution in [1.29, 1.82) is 0 Å². The summed E-state index contributed by atoms with van der Waals surface area (Å²) in [6.45, 7) is -0.195. The van der Waals surface area contributed by atoms with E-state index in [4.69, 9.17) is 14.9 Å². The minimum Gasteiger partial charge on any atom is -0.478 e. The fraction of sp³-hybridized carbons (Fsp3) is 0.154. The van der Waals surface area contributed by atoms with Crippen LogP contribution in [0.2, 0.25) is 0 Å². The zero-order valence-electron chi connectivity index (χ0n) is 9.91. The number of carboxylic acid groups (broad SMARTS) is 2. The Hall–Kier alpha value is -2.63.